The Hall–Kier alpha value is -1.73. The molecule has 104 valence electrons. The van der Waals surface area contributed by atoms with Crippen LogP contribution in [-0.2, 0) is 6.54 Å². The maximum absolute atomic E-state index is 10.6. The van der Waals surface area contributed by atoms with Gasteiger partial charge in [0.2, 0.25) is 0 Å². The standard InChI is InChI=1S/C12H10ClN3O3S/c13-8-1-3-10(4-2-8)20-7-9-5-15-6-11(16(17)18)14-12(15)19-9/h1-4,6,9H,5,7H2. The Balaban J connectivity index is 1.57. The number of aromatic nitrogens is 2. The highest BCUT2D eigenvalue weighted by Crippen LogP contribution is 2.28. The highest BCUT2D eigenvalue weighted by atomic mass is 35.5. The summed E-state index contributed by atoms with van der Waals surface area (Å²) < 4.78 is 7.26. The summed E-state index contributed by atoms with van der Waals surface area (Å²) >= 11 is 7.48. The van der Waals surface area contributed by atoms with Crippen molar-refractivity contribution in [1.29, 1.82) is 0 Å². The van der Waals surface area contributed by atoms with E-state index in [1.54, 1.807) is 16.3 Å². The van der Waals surface area contributed by atoms with Crippen molar-refractivity contribution in [2.24, 2.45) is 0 Å². The highest BCUT2D eigenvalue weighted by Gasteiger charge is 2.31. The molecular formula is C12H10ClN3O3S. The van der Waals surface area contributed by atoms with Gasteiger partial charge in [-0.15, -0.1) is 11.8 Å². The van der Waals surface area contributed by atoms with E-state index in [-0.39, 0.29) is 11.9 Å². The van der Waals surface area contributed by atoms with Gasteiger partial charge in [0.15, 0.2) is 0 Å². The maximum atomic E-state index is 10.6. The van der Waals surface area contributed by atoms with E-state index in [9.17, 15) is 10.1 Å². The summed E-state index contributed by atoms with van der Waals surface area (Å²) in [7, 11) is 0. The fourth-order valence-electron chi connectivity index (χ4n) is 1.91. The molecule has 6 nitrogen and oxygen atoms in total. The van der Waals surface area contributed by atoms with Gasteiger partial charge in [-0.2, -0.15) is 0 Å². The second kappa shape index (κ2) is 5.34. The van der Waals surface area contributed by atoms with Gasteiger partial charge in [0.25, 0.3) is 0 Å². The lowest BCUT2D eigenvalue weighted by Crippen LogP contribution is -2.17. The molecule has 8 heteroatoms. The third-order valence-electron chi connectivity index (χ3n) is 2.84. The molecule has 0 saturated carbocycles. The minimum absolute atomic E-state index is 0.0287. The van der Waals surface area contributed by atoms with Crippen molar-refractivity contribution >= 4 is 29.2 Å². The van der Waals surface area contributed by atoms with Gasteiger partial charge in [-0.1, -0.05) is 11.6 Å². The molecule has 0 bridgehead atoms. The van der Waals surface area contributed by atoms with Crippen molar-refractivity contribution in [3.63, 3.8) is 0 Å². The van der Waals surface area contributed by atoms with Crippen LogP contribution < -0.4 is 4.74 Å². The number of imidazole rings is 1. The summed E-state index contributed by atoms with van der Waals surface area (Å²) in [6.45, 7) is 0.580. The molecule has 3 rings (SSSR count). The van der Waals surface area contributed by atoms with Crippen LogP contribution in [0.1, 0.15) is 0 Å². The molecule has 20 heavy (non-hydrogen) atoms. The first-order valence-corrected chi connectivity index (χ1v) is 7.25. The first kappa shape index (κ1) is 13.3. The average Bonchev–Trinajstić information content (AvgIpc) is 2.96. The van der Waals surface area contributed by atoms with Crippen LogP contribution in [0, 0.1) is 10.1 Å². The van der Waals surface area contributed by atoms with Crippen LogP contribution in [0.4, 0.5) is 5.82 Å². The zero-order valence-electron chi connectivity index (χ0n) is 10.2. The van der Waals surface area contributed by atoms with Crippen molar-refractivity contribution in [3.05, 3.63) is 45.6 Å². The first-order chi connectivity index (χ1) is 9.61. The van der Waals surface area contributed by atoms with Crippen molar-refractivity contribution in [3.8, 4) is 6.01 Å². The Morgan fingerprint density at radius 1 is 1.50 bits per heavy atom. The number of ether oxygens (including phenoxy) is 1. The van der Waals surface area contributed by atoms with Crippen molar-refractivity contribution in [2.45, 2.75) is 17.5 Å². The van der Waals surface area contributed by atoms with Crippen LogP contribution in [-0.4, -0.2) is 26.3 Å². The van der Waals surface area contributed by atoms with Crippen molar-refractivity contribution in [1.82, 2.24) is 9.55 Å². The van der Waals surface area contributed by atoms with Crippen LogP contribution in [0.2, 0.25) is 5.02 Å². The Morgan fingerprint density at radius 2 is 2.25 bits per heavy atom. The highest BCUT2D eigenvalue weighted by molar-refractivity contribution is 7.99. The summed E-state index contributed by atoms with van der Waals surface area (Å²) in [6.07, 6.45) is 1.38. The molecule has 0 amide bonds. The second-order valence-electron chi connectivity index (χ2n) is 4.30. The van der Waals surface area contributed by atoms with Gasteiger partial charge in [0, 0.05) is 20.7 Å². The minimum atomic E-state index is -0.522. The lowest BCUT2D eigenvalue weighted by Gasteiger charge is -2.07. The molecule has 1 aromatic carbocycles. The summed E-state index contributed by atoms with van der Waals surface area (Å²) in [6, 6.07) is 7.90. The van der Waals surface area contributed by atoms with Gasteiger partial charge in [0.05, 0.1) is 6.54 Å². The number of hydrogen-bond donors (Lipinski definition) is 0. The number of rotatable bonds is 4. The molecule has 1 aromatic heterocycles. The van der Waals surface area contributed by atoms with E-state index < -0.39 is 4.92 Å². The molecule has 1 aliphatic rings. The van der Waals surface area contributed by atoms with Crippen LogP contribution in [0.15, 0.2) is 35.4 Å². The Kier molecular flexibility index (Phi) is 3.54. The van der Waals surface area contributed by atoms with Gasteiger partial charge in [-0.05, 0) is 29.2 Å². The molecule has 2 aromatic rings. The number of fused-ring (bicyclic) bond motifs is 1. The number of benzene rings is 1. The molecule has 0 aliphatic carbocycles. The third-order valence-corrected chi connectivity index (χ3v) is 4.23. The van der Waals surface area contributed by atoms with E-state index in [4.69, 9.17) is 16.3 Å². The Labute approximate surface area is 123 Å². The van der Waals surface area contributed by atoms with Crippen LogP contribution in [0.3, 0.4) is 0 Å². The van der Waals surface area contributed by atoms with Gasteiger partial charge in [-0.25, -0.2) is 0 Å². The van der Waals surface area contributed by atoms with Crippen LogP contribution in [0.25, 0.3) is 0 Å². The topological polar surface area (TPSA) is 70.2 Å². The molecule has 0 fully saturated rings. The molecule has 0 saturated heterocycles. The minimum Gasteiger partial charge on any atom is -0.440 e. The summed E-state index contributed by atoms with van der Waals surface area (Å²) in [5.41, 5.74) is 0. The number of nitrogens with zero attached hydrogens (tertiary/aromatic N) is 3. The van der Waals surface area contributed by atoms with Gasteiger partial charge in [0.1, 0.15) is 12.3 Å². The number of hydrogen-bond acceptors (Lipinski definition) is 5. The van der Waals surface area contributed by atoms with Gasteiger partial charge in [-0.3, -0.25) is 4.57 Å². The normalized spacial score (nSPS) is 16.8. The molecule has 1 aliphatic heterocycles. The zero-order chi connectivity index (χ0) is 14.1. The van der Waals surface area contributed by atoms with Crippen molar-refractivity contribution in [2.75, 3.05) is 5.75 Å². The quantitative estimate of drug-likeness (QED) is 0.493. The number of nitro groups is 1. The first-order valence-electron chi connectivity index (χ1n) is 5.88. The van der Waals surface area contributed by atoms with Crippen LogP contribution in [0.5, 0.6) is 6.01 Å². The SMILES string of the molecule is O=[N+]([O-])c1cn2c(n1)OC(CSc1ccc(Cl)cc1)C2. The van der Waals surface area contributed by atoms with Gasteiger partial charge >= 0.3 is 11.8 Å². The molecule has 0 radical (unpaired) electrons. The lowest BCUT2D eigenvalue weighted by atomic mass is 10.4. The molecule has 0 N–H and O–H groups in total. The van der Waals surface area contributed by atoms with E-state index in [2.05, 4.69) is 4.98 Å². The predicted molar refractivity (Wildman–Crippen MR) is 75.5 cm³/mol. The Morgan fingerprint density at radius 3 is 2.90 bits per heavy atom. The zero-order valence-corrected chi connectivity index (χ0v) is 11.8. The van der Waals surface area contributed by atoms with E-state index in [1.807, 2.05) is 24.3 Å². The third kappa shape index (κ3) is 2.73. The monoisotopic (exact) mass is 311 g/mol. The molecule has 2 heterocycles. The predicted octanol–water partition coefficient (Wildman–Crippen LogP) is 3.00. The maximum Gasteiger partial charge on any atom is 0.414 e. The second-order valence-corrected chi connectivity index (χ2v) is 5.83. The van der Waals surface area contributed by atoms with E-state index >= 15 is 0 Å². The van der Waals surface area contributed by atoms with E-state index in [1.165, 1.54) is 6.20 Å². The summed E-state index contributed by atoms with van der Waals surface area (Å²) in [4.78, 5) is 15.0. The number of thioether (sulfide) groups is 1. The van der Waals surface area contributed by atoms with Crippen LogP contribution >= 0.6 is 23.4 Å². The number of halogens is 1. The molecule has 0 spiro atoms. The fourth-order valence-corrected chi connectivity index (χ4v) is 2.92. The van der Waals surface area contributed by atoms with Gasteiger partial charge < -0.3 is 14.9 Å². The molecular weight excluding hydrogens is 302 g/mol. The fraction of sp³-hybridized carbons (Fsp3) is 0.250. The Bertz CT molecular complexity index is 620. The van der Waals surface area contributed by atoms with E-state index in [0.29, 0.717) is 17.6 Å². The average molecular weight is 312 g/mol. The largest absolute Gasteiger partial charge is 0.440 e. The van der Waals surface area contributed by atoms with Crippen molar-refractivity contribution < 1.29 is 9.66 Å². The summed E-state index contributed by atoms with van der Waals surface area (Å²) in [5.74, 6) is 0.572. The smallest absolute Gasteiger partial charge is 0.414 e. The summed E-state index contributed by atoms with van der Waals surface area (Å²) in [5, 5.41) is 11.3. The van der Waals surface area contributed by atoms with E-state index in [0.717, 1.165) is 10.6 Å². The lowest BCUT2D eigenvalue weighted by molar-refractivity contribution is -0.389. The molecule has 1 atom stereocenters. The molecule has 1 unspecified atom stereocenters.